The van der Waals surface area contributed by atoms with E-state index in [0.717, 1.165) is 24.8 Å². The highest BCUT2D eigenvalue weighted by Gasteiger charge is 2.32. The van der Waals surface area contributed by atoms with Gasteiger partial charge < -0.3 is 14.4 Å². The first-order chi connectivity index (χ1) is 15.2. The second-order valence-corrected chi connectivity index (χ2v) is 12.2. The van der Waals surface area contributed by atoms with Crippen molar-refractivity contribution in [1.29, 1.82) is 0 Å². The fourth-order valence-electron chi connectivity index (χ4n) is 3.93. The minimum absolute atomic E-state index is 0.143. The van der Waals surface area contributed by atoms with Gasteiger partial charge in [-0.3, -0.25) is 4.79 Å². The van der Waals surface area contributed by atoms with Crippen molar-refractivity contribution in [2.45, 2.75) is 70.1 Å². The first-order valence-corrected chi connectivity index (χ1v) is 13.7. The van der Waals surface area contributed by atoms with E-state index in [2.05, 4.69) is 0 Å². The summed E-state index contributed by atoms with van der Waals surface area (Å²) < 4.78 is 11.3. The molecule has 5 nitrogen and oxygen atoms in total. The number of nitrogens with zero attached hydrogens (tertiary/aromatic N) is 1. The monoisotopic (exact) mass is 481 g/mol. The molecule has 1 unspecified atom stereocenters. The number of carbonyl (C=O) groups is 2. The minimum atomic E-state index is -0.557. The number of carbonyl (C=O) groups excluding carboxylic acids is 2. The average molecular weight is 482 g/mol. The summed E-state index contributed by atoms with van der Waals surface area (Å²) in [6.45, 7) is 8.74. The van der Waals surface area contributed by atoms with E-state index in [1.807, 2.05) is 81.6 Å². The highest BCUT2D eigenvalue weighted by atomic mass is 32.2. The molecule has 1 aromatic rings. The molecule has 0 aliphatic carbocycles. The number of hydrogen-bond acceptors (Lipinski definition) is 6. The molecule has 0 spiro atoms. The predicted octanol–water partition coefficient (Wildman–Crippen LogP) is 6.22. The third kappa shape index (κ3) is 9.26. The van der Waals surface area contributed by atoms with Crippen LogP contribution in [-0.4, -0.2) is 52.3 Å². The molecule has 1 aromatic carbocycles. The van der Waals surface area contributed by atoms with E-state index in [1.54, 1.807) is 4.90 Å². The Morgan fingerprint density at radius 1 is 1.16 bits per heavy atom. The number of rotatable bonds is 10. The molecule has 1 heterocycles. The van der Waals surface area contributed by atoms with Crippen LogP contribution in [0.3, 0.4) is 0 Å². The summed E-state index contributed by atoms with van der Waals surface area (Å²) in [5.74, 6) is 2.22. The van der Waals surface area contributed by atoms with E-state index in [1.165, 1.54) is 25.0 Å². The molecule has 0 radical (unpaired) electrons. The van der Waals surface area contributed by atoms with Gasteiger partial charge in [-0.15, -0.1) is 23.5 Å². The molecular weight excluding hydrogens is 442 g/mol. The summed E-state index contributed by atoms with van der Waals surface area (Å²) in [5, 5.41) is 0. The van der Waals surface area contributed by atoms with Crippen molar-refractivity contribution >= 4 is 35.6 Å². The Labute approximate surface area is 202 Å². The number of amides is 1. The molecule has 1 fully saturated rings. The van der Waals surface area contributed by atoms with Crippen LogP contribution >= 0.6 is 23.5 Å². The fourth-order valence-corrected chi connectivity index (χ4v) is 6.99. The van der Waals surface area contributed by atoms with Gasteiger partial charge in [0, 0.05) is 13.1 Å². The maximum Gasteiger partial charge on any atom is 0.410 e. The van der Waals surface area contributed by atoms with Crippen molar-refractivity contribution in [3.05, 3.63) is 35.9 Å². The van der Waals surface area contributed by atoms with Crippen molar-refractivity contribution in [2.75, 3.05) is 25.2 Å². The van der Waals surface area contributed by atoms with Crippen molar-refractivity contribution in [2.24, 2.45) is 11.8 Å². The van der Waals surface area contributed by atoms with Crippen LogP contribution in [0.1, 0.15) is 58.9 Å². The molecule has 180 valence electrons. The van der Waals surface area contributed by atoms with Crippen molar-refractivity contribution in [3.8, 4) is 0 Å². The van der Waals surface area contributed by atoms with E-state index >= 15 is 0 Å². The number of esters is 1. The van der Waals surface area contributed by atoms with E-state index < -0.39 is 5.60 Å². The highest BCUT2D eigenvalue weighted by molar-refractivity contribution is 8.17. The lowest BCUT2D eigenvalue weighted by Crippen LogP contribution is -2.38. The SMILES string of the molecule is CCC(C(=O)OC)[C@H](CCN(Cc1ccccc1)C(=O)OC(C)(C)C)CC1SCCCS1. The zero-order valence-electron chi connectivity index (χ0n) is 20.2. The summed E-state index contributed by atoms with van der Waals surface area (Å²) >= 11 is 3.99. The molecule has 0 N–H and O–H groups in total. The summed E-state index contributed by atoms with van der Waals surface area (Å²) in [4.78, 5) is 27.3. The van der Waals surface area contributed by atoms with Crippen LogP contribution in [0.25, 0.3) is 0 Å². The van der Waals surface area contributed by atoms with Gasteiger partial charge in [0.25, 0.3) is 0 Å². The average Bonchev–Trinajstić information content (AvgIpc) is 2.76. The van der Waals surface area contributed by atoms with Gasteiger partial charge in [-0.25, -0.2) is 4.79 Å². The lowest BCUT2D eigenvalue weighted by atomic mass is 9.85. The molecule has 1 aliphatic heterocycles. The predicted molar refractivity (Wildman–Crippen MR) is 135 cm³/mol. The Bertz CT molecular complexity index is 702. The van der Waals surface area contributed by atoms with Gasteiger partial charge in [-0.05, 0) is 69.4 Å². The van der Waals surface area contributed by atoms with Gasteiger partial charge in [-0.2, -0.15) is 0 Å². The van der Waals surface area contributed by atoms with E-state index in [4.69, 9.17) is 9.47 Å². The second-order valence-electron chi connectivity index (χ2n) is 9.23. The summed E-state index contributed by atoms with van der Waals surface area (Å²) in [7, 11) is 1.47. The van der Waals surface area contributed by atoms with E-state index in [9.17, 15) is 9.59 Å². The van der Waals surface area contributed by atoms with Crippen molar-refractivity contribution < 1.29 is 19.1 Å². The molecule has 1 aliphatic rings. The molecule has 7 heteroatoms. The van der Waals surface area contributed by atoms with E-state index in [-0.39, 0.29) is 23.9 Å². The van der Waals surface area contributed by atoms with Crippen molar-refractivity contribution in [3.63, 3.8) is 0 Å². The molecule has 0 aromatic heterocycles. The Hall–Kier alpha value is -1.34. The zero-order chi connectivity index (χ0) is 23.6. The lowest BCUT2D eigenvalue weighted by Gasteiger charge is -2.32. The first kappa shape index (κ1) is 26.9. The van der Waals surface area contributed by atoms with Gasteiger partial charge >= 0.3 is 12.1 Å². The third-order valence-corrected chi connectivity index (χ3v) is 8.54. The Balaban J connectivity index is 2.16. The van der Waals surface area contributed by atoms with Crippen LogP contribution in [0.5, 0.6) is 0 Å². The first-order valence-electron chi connectivity index (χ1n) is 11.6. The number of methoxy groups -OCH3 is 1. The van der Waals surface area contributed by atoms with Gasteiger partial charge in [0.1, 0.15) is 5.60 Å². The quantitative estimate of drug-likeness (QED) is 0.370. The largest absolute Gasteiger partial charge is 0.469 e. The van der Waals surface area contributed by atoms with Crippen LogP contribution in [0, 0.1) is 11.8 Å². The molecule has 1 amide bonds. The highest BCUT2D eigenvalue weighted by Crippen LogP contribution is 2.38. The fraction of sp³-hybridized carbons (Fsp3) is 0.680. The second kappa shape index (κ2) is 13.4. The number of benzene rings is 1. The molecule has 1 saturated heterocycles. The molecule has 0 saturated carbocycles. The van der Waals surface area contributed by atoms with Gasteiger partial charge in [0.2, 0.25) is 0 Å². The van der Waals surface area contributed by atoms with Gasteiger partial charge in [0.05, 0.1) is 17.6 Å². The topological polar surface area (TPSA) is 55.8 Å². The van der Waals surface area contributed by atoms with Crippen LogP contribution in [0.4, 0.5) is 4.79 Å². The normalized spacial score (nSPS) is 16.8. The smallest absolute Gasteiger partial charge is 0.410 e. The van der Waals surface area contributed by atoms with Crippen LogP contribution < -0.4 is 0 Å². The molecular formula is C25H39NO4S2. The Kier molecular flexibility index (Phi) is 11.3. The molecule has 2 atom stereocenters. The molecule has 2 rings (SSSR count). The molecule has 0 bridgehead atoms. The third-order valence-electron chi connectivity index (χ3n) is 5.54. The lowest BCUT2D eigenvalue weighted by molar-refractivity contribution is -0.147. The summed E-state index contributed by atoms with van der Waals surface area (Å²) in [6, 6.07) is 9.97. The standard InChI is InChI=1S/C25H39NO4S2/c1-6-21(23(27)29-5)20(17-22-31-15-10-16-32-22)13-14-26(24(28)30-25(2,3)4)18-19-11-8-7-9-12-19/h7-9,11-12,20-22H,6,10,13-18H2,1-5H3/t20-,21?/m1/s1. The van der Waals surface area contributed by atoms with Gasteiger partial charge in [0.15, 0.2) is 0 Å². The Morgan fingerprint density at radius 2 is 1.81 bits per heavy atom. The Morgan fingerprint density at radius 3 is 2.38 bits per heavy atom. The molecule has 32 heavy (non-hydrogen) atoms. The number of hydrogen-bond donors (Lipinski definition) is 0. The maximum absolute atomic E-state index is 13.0. The summed E-state index contributed by atoms with van der Waals surface area (Å²) in [6.07, 6.45) is 3.37. The number of thioether (sulfide) groups is 2. The zero-order valence-corrected chi connectivity index (χ0v) is 21.8. The minimum Gasteiger partial charge on any atom is -0.469 e. The summed E-state index contributed by atoms with van der Waals surface area (Å²) in [5.41, 5.74) is 0.506. The van der Waals surface area contributed by atoms with Crippen LogP contribution in [0.15, 0.2) is 30.3 Å². The van der Waals surface area contributed by atoms with Crippen molar-refractivity contribution in [1.82, 2.24) is 4.90 Å². The maximum atomic E-state index is 13.0. The van der Waals surface area contributed by atoms with Crippen LogP contribution in [0.2, 0.25) is 0 Å². The number of ether oxygens (including phenoxy) is 2. The van der Waals surface area contributed by atoms with Crippen LogP contribution in [-0.2, 0) is 20.8 Å². The van der Waals surface area contributed by atoms with E-state index in [0.29, 0.717) is 17.7 Å². The van der Waals surface area contributed by atoms with Gasteiger partial charge in [-0.1, -0.05) is 37.3 Å².